The number of amides is 1. The molecule has 0 aromatic heterocycles. The first kappa shape index (κ1) is 33.5. The van der Waals surface area contributed by atoms with Gasteiger partial charge >= 0.3 is 12.1 Å². The lowest BCUT2D eigenvalue weighted by molar-refractivity contribution is -0.171. The van der Waals surface area contributed by atoms with Crippen molar-refractivity contribution >= 4 is 29.6 Å². The standard InChI is InChI=1S/C34H47NO6S/c1-21(2)39-32(38)35-19-26(28(20-35)29(36)25-13-15-27(42-10)16-14-25)12-11-24-17-22(3)30(23(4)18-24)40-34(8,9)31(37)41-33(5,6)7/h13-18,21,26,28H,11-12,19-20H2,1-10H3/t26-,28-/m0/s1. The van der Waals surface area contributed by atoms with E-state index >= 15 is 0 Å². The lowest BCUT2D eigenvalue weighted by Gasteiger charge is -2.30. The highest BCUT2D eigenvalue weighted by Gasteiger charge is 2.40. The van der Waals surface area contributed by atoms with Crippen LogP contribution in [0.2, 0.25) is 0 Å². The van der Waals surface area contributed by atoms with Gasteiger partial charge in [0.05, 0.1) is 6.10 Å². The Kier molecular flexibility index (Phi) is 10.8. The van der Waals surface area contributed by atoms with E-state index in [4.69, 9.17) is 14.2 Å². The first-order valence-corrected chi connectivity index (χ1v) is 15.9. The fourth-order valence-corrected chi connectivity index (χ4v) is 5.66. The zero-order valence-electron chi connectivity index (χ0n) is 26.8. The third-order valence-electron chi connectivity index (χ3n) is 7.32. The second kappa shape index (κ2) is 13.5. The predicted octanol–water partition coefficient (Wildman–Crippen LogP) is 7.43. The normalized spacial score (nSPS) is 17.4. The second-order valence-corrected chi connectivity index (χ2v) is 13.9. The van der Waals surface area contributed by atoms with E-state index < -0.39 is 17.2 Å². The Morgan fingerprint density at radius 1 is 0.976 bits per heavy atom. The number of esters is 1. The molecular formula is C34H47NO6S. The van der Waals surface area contributed by atoms with Gasteiger partial charge in [0.2, 0.25) is 0 Å². The zero-order valence-corrected chi connectivity index (χ0v) is 27.6. The minimum absolute atomic E-state index is 0.0000735. The van der Waals surface area contributed by atoms with Crippen molar-refractivity contribution in [3.63, 3.8) is 0 Å². The molecule has 42 heavy (non-hydrogen) atoms. The van der Waals surface area contributed by atoms with E-state index in [0.717, 1.165) is 34.4 Å². The van der Waals surface area contributed by atoms with E-state index in [0.29, 0.717) is 24.4 Å². The van der Waals surface area contributed by atoms with Crippen LogP contribution in [0.25, 0.3) is 0 Å². The van der Waals surface area contributed by atoms with Gasteiger partial charge in [0.1, 0.15) is 11.4 Å². The van der Waals surface area contributed by atoms with Gasteiger partial charge in [0.25, 0.3) is 0 Å². The van der Waals surface area contributed by atoms with E-state index in [1.165, 1.54) is 0 Å². The molecule has 0 unspecified atom stereocenters. The molecule has 0 saturated carbocycles. The maximum Gasteiger partial charge on any atom is 0.410 e. The smallest absolute Gasteiger partial charge is 0.410 e. The molecule has 1 aliphatic heterocycles. The molecule has 1 saturated heterocycles. The van der Waals surface area contributed by atoms with Crippen molar-refractivity contribution in [2.24, 2.45) is 11.8 Å². The first-order valence-electron chi connectivity index (χ1n) is 14.7. The number of carbonyl (C=O) groups is 3. The molecule has 8 heteroatoms. The number of carbonyl (C=O) groups excluding carboxylic acids is 3. The molecule has 0 N–H and O–H groups in total. The molecule has 1 fully saturated rings. The number of likely N-dealkylation sites (tertiary alicyclic amines) is 1. The lowest BCUT2D eigenvalue weighted by atomic mass is 9.84. The molecule has 1 heterocycles. The number of benzene rings is 2. The molecule has 2 atom stereocenters. The monoisotopic (exact) mass is 597 g/mol. The van der Waals surface area contributed by atoms with Crippen molar-refractivity contribution in [3.8, 4) is 5.75 Å². The van der Waals surface area contributed by atoms with Crippen LogP contribution < -0.4 is 4.74 Å². The molecular weight excluding hydrogens is 550 g/mol. The Morgan fingerprint density at radius 2 is 1.57 bits per heavy atom. The molecule has 1 amide bonds. The van der Waals surface area contributed by atoms with Crippen LogP contribution in [0.15, 0.2) is 41.3 Å². The Bertz CT molecular complexity index is 1250. The molecule has 0 radical (unpaired) electrons. The van der Waals surface area contributed by atoms with Gasteiger partial charge in [0.15, 0.2) is 11.4 Å². The Hall–Kier alpha value is -3.00. The summed E-state index contributed by atoms with van der Waals surface area (Å²) in [6.07, 6.45) is 2.89. The van der Waals surface area contributed by atoms with Crippen molar-refractivity contribution in [2.45, 2.75) is 97.4 Å². The summed E-state index contributed by atoms with van der Waals surface area (Å²) in [4.78, 5) is 42.0. The van der Waals surface area contributed by atoms with Crippen molar-refractivity contribution in [2.75, 3.05) is 19.3 Å². The van der Waals surface area contributed by atoms with Crippen molar-refractivity contribution in [1.82, 2.24) is 4.90 Å². The number of rotatable bonds is 10. The van der Waals surface area contributed by atoms with Crippen LogP contribution in [0.3, 0.4) is 0 Å². The highest BCUT2D eigenvalue weighted by atomic mass is 32.2. The SMILES string of the molecule is CSc1ccc(C(=O)[C@H]2CN(C(=O)OC(C)C)C[C@@H]2CCc2cc(C)c(OC(C)(C)C(=O)OC(C)(C)C)c(C)c2)cc1. The maximum absolute atomic E-state index is 13.6. The fraction of sp³-hybridized carbons (Fsp3) is 0.559. The molecule has 0 aliphatic carbocycles. The van der Waals surface area contributed by atoms with Gasteiger partial charge in [-0.25, -0.2) is 9.59 Å². The van der Waals surface area contributed by atoms with Crippen LogP contribution in [-0.4, -0.2) is 59.4 Å². The average molecular weight is 598 g/mol. The molecule has 0 bridgehead atoms. The summed E-state index contributed by atoms with van der Waals surface area (Å²) in [5.74, 6) is 0.00983. The number of nitrogens with zero attached hydrogens (tertiary/aromatic N) is 1. The first-order chi connectivity index (χ1) is 19.5. The van der Waals surface area contributed by atoms with E-state index in [2.05, 4.69) is 12.1 Å². The Morgan fingerprint density at radius 3 is 2.10 bits per heavy atom. The van der Waals surface area contributed by atoms with Crippen LogP contribution in [0, 0.1) is 25.7 Å². The molecule has 3 rings (SSSR count). The molecule has 7 nitrogen and oxygen atoms in total. The van der Waals surface area contributed by atoms with Gasteiger partial charge in [-0.1, -0.05) is 24.3 Å². The number of aryl methyl sites for hydroxylation is 3. The number of Topliss-reactive ketones (excluding diaryl/α,β-unsaturated/α-hetero) is 1. The number of hydrogen-bond donors (Lipinski definition) is 0. The summed E-state index contributed by atoms with van der Waals surface area (Å²) < 4.78 is 17.2. The molecule has 0 spiro atoms. The quantitative estimate of drug-likeness (QED) is 0.160. The number of ketones is 1. The average Bonchev–Trinajstić information content (AvgIpc) is 3.32. The Balaban J connectivity index is 1.77. The van der Waals surface area contributed by atoms with Crippen LogP contribution in [-0.2, 0) is 20.7 Å². The third kappa shape index (κ3) is 8.76. The molecule has 230 valence electrons. The summed E-state index contributed by atoms with van der Waals surface area (Å²) in [5.41, 5.74) is 1.89. The van der Waals surface area contributed by atoms with Gasteiger partial charge < -0.3 is 19.1 Å². The van der Waals surface area contributed by atoms with Gasteiger partial charge in [-0.3, -0.25) is 4.79 Å². The largest absolute Gasteiger partial charge is 0.476 e. The fourth-order valence-electron chi connectivity index (χ4n) is 5.25. The summed E-state index contributed by atoms with van der Waals surface area (Å²) >= 11 is 1.63. The molecule has 1 aliphatic rings. The molecule has 2 aromatic rings. The summed E-state index contributed by atoms with van der Waals surface area (Å²) in [7, 11) is 0. The van der Waals surface area contributed by atoms with Gasteiger partial charge in [-0.15, -0.1) is 11.8 Å². The molecule has 2 aromatic carbocycles. The maximum atomic E-state index is 13.6. The minimum Gasteiger partial charge on any atom is -0.476 e. The van der Waals surface area contributed by atoms with Crippen molar-refractivity contribution < 1.29 is 28.6 Å². The predicted molar refractivity (Wildman–Crippen MR) is 168 cm³/mol. The van der Waals surface area contributed by atoms with Gasteiger partial charge in [-0.2, -0.15) is 0 Å². The van der Waals surface area contributed by atoms with Gasteiger partial charge in [0, 0.05) is 29.5 Å². The van der Waals surface area contributed by atoms with E-state index in [9.17, 15) is 14.4 Å². The number of hydrogen-bond acceptors (Lipinski definition) is 7. The van der Waals surface area contributed by atoms with E-state index in [1.807, 2.05) is 79.0 Å². The van der Waals surface area contributed by atoms with E-state index in [1.54, 1.807) is 30.5 Å². The van der Waals surface area contributed by atoms with Crippen molar-refractivity contribution in [1.29, 1.82) is 0 Å². The summed E-state index contributed by atoms with van der Waals surface area (Å²) in [6, 6.07) is 11.8. The van der Waals surface area contributed by atoms with Crippen LogP contribution in [0.1, 0.15) is 81.9 Å². The van der Waals surface area contributed by atoms with Crippen LogP contribution in [0.5, 0.6) is 5.75 Å². The number of ether oxygens (including phenoxy) is 3. The third-order valence-corrected chi connectivity index (χ3v) is 8.06. The van der Waals surface area contributed by atoms with Crippen LogP contribution in [0.4, 0.5) is 4.79 Å². The van der Waals surface area contributed by atoms with Gasteiger partial charge in [-0.05, 0) is 116 Å². The van der Waals surface area contributed by atoms with E-state index in [-0.39, 0.29) is 29.8 Å². The second-order valence-electron chi connectivity index (χ2n) is 13.0. The highest BCUT2D eigenvalue weighted by molar-refractivity contribution is 7.98. The minimum atomic E-state index is -1.15. The topological polar surface area (TPSA) is 82.1 Å². The summed E-state index contributed by atoms with van der Waals surface area (Å²) in [5, 5.41) is 0. The number of thioether (sulfide) groups is 1. The lowest BCUT2D eigenvalue weighted by Crippen LogP contribution is -2.43. The highest BCUT2D eigenvalue weighted by Crippen LogP contribution is 2.34. The van der Waals surface area contributed by atoms with Crippen molar-refractivity contribution in [3.05, 3.63) is 58.7 Å². The zero-order chi connectivity index (χ0) is 31.4. The van der Waals surface area contributed by atoms with Crippen LogP contribution >= 0.6 is 11.8 Å². The summed E-state index contributed by atoms with van der Waals surface area (Å²) in [6.45, 7) is 17.4. The Labute approximate surface area is 255 Å².